The number of ether oxygens (including phenoxy) is 2. The molecule has 0 aliphatic carbocycles. The lowest BCUT2D eigenvalue weighted by atomic mass is 10.1. The van der Waals surface area contributed by atoms with Gasteiger partial charge in [0, 0.05) is 30.9 Å². The molecule has 0 unspecified atom stereocenters. The number of hydrogen-bond donors (Lipinski definition) is 0. The third-order valence-electron chi connectivity index (χ3n) is 3.89. The van der Waals surface area contributed by atoms with E-state index >= 15 is 0 Å². The number of anilines is 1. The second-order valence-corrected chi connectivity index (χ2v) is 5.52. The number of morpholine rings is 1. The third-order valence-corrected chi connectivity index (χ3v) is 3.89. The van der Waals surface area contributed by atoms with Gasteiger partial charge in [0.05, 0.1) is 13.2 Å². The predicted octanol–water partition coefficient (Wildman–Crippen LogP) is 2.81. The lowest BCUT2D eigenvalue weighted by Crippen LogP contribution is -2.36. The summed E-state index contributed by atoms with van der Waals surface area (Å²) in [7, 11) is 0. The molecule has 0 bridgehead atoms. The molecule has 0 N–H and O–H groups in total. The number of pyridine rings is 1. The predicted molar refractivity (Wildman–Crippen MR) is 92.7 cm³/mol. The van der Waals surface area contributed by atoms with Gasteiger partial charge in [-0.05, 0) is 29.3 Å². The molecule has 0 saturated carbocycles. The standard InChI is InChI=1S/C19H20N2O3/c1-2-19(22)24-14-15-4-3-5-16(12-15)17-6-7-18(20-13-17)21-8-10-23-11-9-21/h2-7,12-13H,1,8-11,14H2. The first-order valence-electron chi connectivity index (χ1n) is 7.93. The largest absolute Gasteiger partial charge is 0.458 e. The van der Waals surface area contributed by atoms with E-state index in [9.17, 15) is 4.79 Å². The summed E-state index contributed by atoms with van der Waals surface area (Å²) in [5.41, 5.74) is 3.01. The van der Waals surface area contributed by atoms with Crippen molar-refractivity contribution >= 4 is 11.8 Å². The molecule has 124 valence electrons. The third kappa shape index (κ3) is 4.00. The van der Waals surface area contributed by atoms with E-state index in [-0.39, 0.29) is 6.61 Å². The SMILES string of the molecule is C=CC(=O)OCc1cccc(-c2ccc(N3CCOCC3)nc2)c1. The zero-order valence-corrected chi connectivity index (χ0v) is 13.5. The summed E-state index contributed by atoms with van der Waals surface area (Å²) in [4.78, 5) is 18.0. The maximum atomic E-state index is 11.2. The molecule has 5 heteroatoms. The van der Waals surface area contributed by atoms with Crippen LogP contribution in [0.15, 0.2) is 55.3 Å². The zero-order chi connectivity index (χ0) is 16.8. The molecular weight excluding hydrogens is 304 g/mol. The van der Waals surface area contributed by atoms with Gasteiger partial charge >= 0.3 is 5.97 Å². The van der Waals surface area contributed by atoms with Crippen LogP contribution in [0, 0.1) is 0 Å². The van der Waals surface area contributed by atoms with Gasteiger partial charge in [-0.15, -0.1) is 0 Å². The Morgan fingerprint density at radius 2 is 2.08 bits per heavy atom. The molecule has 0 spiro atoms. The molecule has 1 fully saturated rings. The van der Waals surface area contributed by atoms with E-state index in [0.717, 1.165) is 54.9 Å². The zero-order valence-electron chi connectivity index (χ0n) is 13.5. The van der Waals surface area contributed by atoms with Gasteiger partial charge in [-0.25, -0.2) is 9.78 Å². The first-order valence-corrected chi connectivity index (χ1v) is 7.93. The Bertz CT molecular complexity index is 707. The molecule has 2 heterocycles. The molecule has 3 rings (SSSR count). The van der Waals surface area contributed by atoms with Crippen molar-refractivity contribution in [2.75, 3.05) is 31.2 Å². The number of carbonyl (C=O) groups is 1. The second kappa shape index (κ2) is 7.75. The van der Waals surface area contributed by atoms with Crippen molar-refractivity contribution in [1.82, 2.24) is 4.98 Å². The van der Waals surface area contributed by atoms with Crippen LogP contribution in [0.3, 0.4) is 0 Å². The van der Waals surface area contributed by atoms with Crippen LogP contribution in [0.5, 0.6) is 0 Å². The number of benzene rings is 1. The van der Waals surface area contributed by atoms with Crippen LogP contribution >= 0.6 is 0 Å². The molecule has 0 radical (unpaired) electrons. The lowest BCUT2D eigenvalue weighted by molar-refractivity contribution is -0.138. The van der Waals surface area contributed by atoms with Crippen molar-refractivity contribution in [3.8, 4) is 11.1 Å². The van der Waals surface area contributed by atoms with Gasteiger partial charge in [0.1, 0.15) is 12.4 Å². The molecular formula is C19H20N2O3. The highest BCUT2D eigenvalue weighted by Gasteiger charge is 2.12. The van der Waals surface area contributed by atoms with E-state index in [1.807, 2.05) is 36.5 Å². The molecule has 5 nitrogen and oxygen atoms in total. The van der Waals surface area contributed by atoms with E-state index in [1.165, 1.54) is 0 Å². The maximum Gasteiger partial charge on any atom is 0.330 e. The number of esters is 1. The van der Waals surface area contributed by atoms with E-state index in [4.69, 9.17) is 9.47 Å². The van der Waals surface area contributed by atoms with Crippen LogP contribution in [0.1, 0.15) is 5.56 Å². The lowest BCUT2D eigenvalue weighted by Gasteiger charge is -2.27. The Balaban J connectivity index is 1.71. The fourth-order valence-corrected chi connectivity index (χ4v) is 2.59. The number of nitrogens with zero attached hydrogens (tertiary/aromatic N) is 2. The second-order valence-electron chi connectivity index (χ2n) is 5.52. The topological polar surface area (TPSA) is 51.7 Å². The maximum absolute atomic E-state index is 11.2. The van der Waals surface area contributed by atoms with Crippen molar-refractivity contribution in [3.63, 3.8) is 0 Å². The van der Waals surface area contributed by atoms with E-state index < -0.39 is 5.97 Å². The van der Waals surface area contributed by atoms with Crippen LogP contribution < -0.4 is 4.90 Å². The molecule has 1 saturated heterocycles. The van der Waals surface area contributed by atoms with Gasteiger partial charge in [-0.2, -0.15) is 0 Å². The Labute approximate surface area is 141 Å². The molecule has 24 heavy (non-hydrogen) atoms. The summed E-state index contributed by atoms with van der Waals surface area (Å²) in [6, 6.07) is 12.0. The number of hydrogen-bond acceptors (Lipinski definition) is 5. The minimum atomic E-state index is -0.420. The van der Waals surface area contributed by atoms with Crippen molar-refractivity contribution in [2.24, 2.45) is 0 Å². The summed E-state index contributed by atoms with van der Waals surface area (Å²) in [6.07, 6.45) is 3.04. The Morgan fingerprint density at radius 1 is 1.25 bits per heavy atom. The average molecular weight is 324 g/mol. The van der Waals surface area contributed by atoms with Gasteiger partial charge in [0.2, 0.25) is 0 Å². The highest BCUT2D eigenvalue weighted by Crippen LogP contribution is 2.22. The summed E-state index contributed by atoms with van der Waals surface area (Å²) in [6.45, 7) is 6.86. The van der Waals surface area contributed by atoms with Crippen molar-refractivity contribution < 1.29 is 14.3 Å². The van der Waals surface area contributed by atoms with Gasteiger partial charge in [0.15, 0.2) is 0 Å². The molecule has 2 aromatic rings. The fraction of sp³-hybridized carbons (Fsp3) is 0.263. The monoisotopic (exact) mass is 324 g/mol. The van der Waals surface area contributed by atoms with Crippen molar-refractivity contribution in [1.29, 1.82) is 0 Å². The summed E-state index contributed by atoms with van der Waals surface area (Å²) in [5, 5.41) is 0. The van der Waals surface area contributed by atoms with Crippen molar-refractivity contribution in [3.05, 3.63) is 60.8 Å². The molecule has 0 atom stereocenters. The molecule has 1 aromatic heterocycles. The molecule has 1 aliphatic heterocycles. The van der Waals surface area contributed by atoms with Crippen LogP contribution in [0.4, 0.5) is 5.82 Å². The quantitative estimate of drug-likeness (QED) is 0.625. The van der Waals surface area contributed by atoms with E-state index in [1.54, 1.807) is 0 Å². The minimum Gasteiger partial charge on any atom is -0.458 e. The van der Waals surface area contributed by atoms with E-state index in [2.05, 4.69) is 22.5 Å². The minimum absolute atomic E-state index is 0.234. The highest BCUT2D eigenvalue weighted by atomic mass is 16.5. The summed E-state index contributed by atoms with van der Waals surface area (Å²) < 4.78 is 10.4. The number of rotatable bonds is 5. The summed E-state index contributed by atoms with van der Waals surface area (Å²) in [5.74, 6) is 0.551. The Hall–Kier alpha value is -2.66. The smallest absolute Gasteiger partial charge is 0.330 e. The van der Waals surface area contributed by atoms with Crippen LogP contribution in [0.25, 0.3) is 11.1 Å². The van der Waals surface area contributed by atoms with Gasteiger partial charge in [-0.3, -0.25) is 0 Å². The van der Waals surface area contributed by atoms with Gasteiger partial charge in [-0.1, -0.05) is 24.8 Å². The van der Waals surface area contributed by atoms with Crippen LogP contribution in [0.2, 0.25) is 0 Å². The van der Waals surface area contributed by atoms with E-state index in [0.29, 0.717) is 0 Å². The molecule has 1 aromatic carbocycles. The molecule has 0 amide bonds. The Kier molecular flexibility index (Phi) is 5.23. The summed E-state index contributed by atoms with van der Waals surface area (Å²) >= 11 is 0. The first kappa shape index (κ1) is 16.2. The first-order chi connectivity index (χ1) is 11.8. The number of aromatic nitrogens is 1. The van der Waals surface area contributed by atoms with Crippen molar-refractivity contribution in [2.45, 2.75) is 6.61 Å². The molecule has 1 aliphatic rings. The fourth-order valence-electron chi connectivity index (χ4n) is 2.59. The average Bonchev–Trinajstić information content (AvgIpc) is 2.67. The number of carbonyl (C=O) groups excluding carboxylic acids is 1. The normalized spacial score (nSPS) is 14.2. The van der Waals surface area contributed by atoms with Crippen LogP contribution in [-0.2, 0) is 20.9 Å². The highest BCUT2D eigenvalue weighted by molar-refractivity contribution is 5.81. The van der Waals surface area contributed by atoms with Gasteiger partial charge < -0.3 is 14.4 Å². The van der Waals surface area contributed by atoms with Gasteiger partial charge in [0.25, 0.3) is 0 Å². The Morgan fingerprint density at radius 3 is 2.79 bits per heavy atom. The van der Waals surface area contributed by atoms with Crippen LogP contribution in [-0.4, -0.2) is 37.3 Å².